The van der Waals surface area contributed by atoms with Gasteiger partial charge in [0.1, 0.15) is 19.8 Å². The van der Waals surface area contributed by atoms with E-state index in [-0.39, 0.29) is 18.5 Å². The van der Waals surface area contributed by atoms with Gasteiger partial charge in [-0.1, -0.05) is 15.9 Å². The third-order valence-corrected chi connectivity index (χ3v) is 4.92. The highest BCUT2D eigenvalue weighted by atomic mass is 79.9. The van der Waals surface area contributed by atoms with Crippen LogP contribution in [0.3, 0.4) is 0 Å². The molecule has 2 aliphatic rings. The molecule has 0 radical (unpaired) electrons. The van der Waals surface area contributed by atoms with Crippen molar-refractivity contribution >= 4 is 39.2 Å². The zero-order chi connectivity index (χ0) is 18.8. The number of benzene rings is 2. The first-order chi connectivity index (χ1) is 13.1. The molecule has 0 saturated carbocycles. The molecule has 7 nitrogen and oxygen atoms in total. The van der Waals surface area contributed by atoms with Gasteiger partial charge in [0.05, 0.1) is 0 Å². The molecular formula is C19H18BrN3O4. The molecule has 0 unspecified atom stereocenters. The van der Waals surface area contributed by atoms with Crippen LogP contribution in [0.4, 0.5) is 16.2 Å². The number of hydrogen-bond acceptors (Lipinski definition) is 4. The average Bonchev–Trinajstić information content (AvgIpc) is 3.03. The second-order valence-electron chi connectivity index (χ2n) is 6.24. The van der Waals surface area contributed by atoms with Gasteiger partial charge < -0.3 is 19.7 Å². The molecular weight excluding hydrogens is 414 g/mol. The molecule has 2 aliphatic heterocycles. The lowest BCUT2D eigenvalue weighted by molar-refractivity contribution is -0.116. The van der Waals surface area contributed by atoms with E-state index in [1.54, 1.807) is 29.2 Å². The van der Waals surface area contributed by atoms with Crippen molar-refractivity contribution in [3.8, 4) is 11.5 Å². The fourth-order valence-corrected chi connectivity index (χ4v) is 3.34. The van der Waals surface area contributed by atoms with Crippen LogP contribution in [0.5, 0.6) is 11.5 Å². The minimum absolute atomic E-state index is 0.00987. The number of amides is 3. The van der Waals surface area contributed by atoms with Crippen molar-refractivity contribution in [1.82, 2.24) is 4.90 Å². The summed E-state index contributed by atoms with van der Waals surface area (Å²) >= 11 is 3.35. The van der Waals surface area contributed by atoms with Crippen LogP contribution in [0.1, 0.15) is 0 Å². The van der Waals surface area contributed by atoms with Gasteiger partial charge in [0.2, 0.25) is 5.91 Å². The predicted octanol–water partition coefficient (Wildman–Crippen LogP) is 3.10. The number of fused-ring (bicyclic) bond motifs is 1. The third kappa shape index (κ3) is 3.85. The fraction of sp³-hybridized carbons (Fsp3) is 0.263. The van der Waals surface area contributed by atoms with Crippen molar-refractivity contribution in [2.45, 2.75) is 0 Å². The Morgan fingerprint density at radius 1 is 1.04 bits per heavy atom. The van der Waals surface area contributed by atoms with E-state index in [2.05, 4.69) is 21.2 Å². The lowest BCUT2D eigenvalue weighted by atomic mass is 10.2. The van der Waals surface area contributed by atoms with E-state index in [1.807, 2.05) is 18.2 Å². The molecule has 2 aromatic carbocycles. The summed E-state index contributed by atoms with van der Waals surface area (Å²) in [6.07, 6.45) is 0. The number of ether oxygens (including phenoxy) is 2. The minimum Gasteiger partial charge on any atom is -0.486 e. The molecule has 2 aromatic rings. The number of carbonyl (C=O) groups excluding carboxylic acids is 2. The highest BCUT2D eigenvalue weighted by molar-refractivity contribution is 9.10. The Morgan fingerprint density at radius 2 is 1.78 bits per heavy atom. The van der Waals surface area contributed by atoms with Gasteiger partial charge in [0, 0.05) is 35.0 Å². The van der Waals surface area contributed by atoms with Crippen LogP contribution in [-0.2, 0) is 4.79 Å². The van der Waals surface area contributed by atoms with Crippen molar-refractivity contribution in [1.29, 1.82) is 0 Å². The van der Waals surface area contributed by atoms with Crippen LogP contribution in [0.25, 0.3) is 0 Å². The molecule has 0 atom stereocenters. The van der Waals surface area contributed by atoms with Crippen LogP contribution >= 0.6 is 15.9 Å². The number of anilines is 2. The van der Waals surface area contributed by atoms with E-state index in [1.165, 1.54) is 4.90 Å². The van der Waals surface area contributed by atoms with E-state index in [0.717, 1.165) is 10.2 Å². The molecule has 1 fully saturated rings. The number of nitrogens with zero attached hydrogens (tertiary/aromatic N) is 2. The molecule has 0 aromatic heterocycles. The number of nitrogens with one attached hydrogen (secondary N) is 1. The standard InChI is InChI=1S/C19H18BrN3O4/c20-13-1-3-14(4-2-13)21-18(24)12-22-7-8-23(19(22)25)15-5-6-16-17(11-15)27-10-9-26-16/h1-6,11H,7-10,12H2,(H,21,24). The SMILES string of the molecule is O=C(CN1CCN(c2ccc3c(c2)OCCO3)C1=O)Nc1ccc(Br)cc1. The molecule has 8 heteroatoms. The zero-order valence-electron chi connectivity index (χ0n) is 14.5. The summed E-state index contributed by atoms with van der Waals surface area (Å²) in [4.78, 5) is 28.1. The molecule has 0 bridgehead atoms. The Labute approximate surface area is 165 Å². The quantitative estimate of drug-likeness (QED) is 0.806. The highest BCUT2D eigenvalue weighted by Gasteiger charge is 2.31. The number of carbonyl (C=O) groups is 2. The Morgan fingerprint density at radius 3 is 2.56 bits per heavy atom. The van der Waals surface area contributed by atoms with Gasteiger partial charge in [-0.3, -0.25) is 9.69 Å². The molecule has 0 aliphatic carbocycles. The van der Waals surface area contributed by atoms with Crippen molar-refractivity contribution in [2.75, 3.05) is 43.1 Å². The fourth-order valence-electron chi connectivity index (χ4n) is 3.08. The monoisotopic (exact) mass is 431 g/mol. The topological polar surface area (TPSA) is 71.1 Å². The summed E-state index contributed by atoms with van der Waals surface area (Å²) in [5.41, 5.74) is 1.43. The molecule has 1 saturated heterocycles. The Balaban J connectivity index is 1.39. The minimum atomic E-state index is -0.227. The smallest absolute Gasteiger partial charge is 0.325 e. The molecule has 0 spiro atoms. The first kappa shape index (κ1) is 17.7. The summed E-state index contributed by atoms with van der Waals surface area (Å²) in [7, 11) is 0. The summed E-state index contributed by atoms with van der Waals surface area (Å²) in [6.45, 7) is 2.03. The Kier molecular flexibility index (Phi) is 4.89. The van der Waals surface area contributed by atoms with Crippen LogP contribution in [0.2, 0.25) is 0 Å². The number of urea groups is 1. The first-order valence-corrected chi connectivity index (χ1v) is 9.41. The van der Waals surface area contributed by atoms with Gasteiger partial charge >= 0.3 is 6.03 Å². The molecule has 140 valence electrons. The van der Waals surface area contributed by atoms with Gasteiger partial charge in [-0.25, -0.2) is 4.79 Å². The molecule has 27 heavy (non-hydrogen) atoms. The summed E-state index contributed by atoms with van der Waals surface area (Å²) < 4.78 is 12.0. The Bertz CT molecular complexity index is 872. The van der Waals surface area contributed by atoms with E-state index in [0.29, 0.717) is 43.5 Å². The van der Waals surface area contributed by atoms with Gasteiger partial charge in [-0.05, 0) is 36.4 Å². The second kappa shape index (κ2) is 7.48. The molecule has 4 rings (SSSR count). The first-order valence-electron chi connectivity index (χ1n) is 8.62. The maximum absolute atomic E-state index is 12.7. The molecule has 3 amide bonds. The maximum Gasteiger partial charge on any atom is 0.325 e. The average molecular weight is 432 g/mol. The van der Waals surface area contributed by atoms with Crippen molar-refractivity contribution in [2.24, 2.45) is 0 Å². The van der Waals surface area contributed by atoms with Crippen molar-refractivity contribution < 1.29 is 19.1 Å². The highest BCUT2D eigenvalue weighted by Crippen LogP contribution is 2.35. The van der Waals surface area contributed by atoms with Gasteiger partial charge in [0.15, 0.2) is 11.5 Å². The lowest BCUT2D eigenvalue weighted by Crippen LogP contribution is -2.37. The summed E-state index contributed by atoms with van der Waals surface area (Å²) in [5.74, 6) is 1.09. The normalized spacial score (nSPS) is 15.8. The van der Waals surface area contributed by atoms with Crippen molar-refractivity contribution in [3.05, 3.63) is 46.9 Å². The van der Waals surface area contributed by atoms with Crippen LogP contribution in [0, 0.1) is 0 Å². The summed E-state index contributed by atoms with van der Waals surface area (Å²) in [6, 6.07) is 12.5. The second-order valence-corrected chi connectivity index (χ2v) is 7.15. The van der Waals surface area contributed by atoms with Gasteiger partial charge in [0.25, 0.3) is 0 Å². The van der Waals surface area contributed by atoms with Crippen LogP contribution in [0.15, 0.2) is 46.9 Å². The van der Waals surface area contributed by atoms with E-state index in [9.17, 15) is 9.59 Å². The van der Waals surface area contributed by atoms with Gasteiger partial charge in [-0.15, -0.1) is 0 Å². The summed E-state index contributed by atoms with van der Waals surface area (Å²) in [5, 5.41) is 2.80. The van der Waals surface area contributed by atoms with E-state index < -0.39 is 0 Å². The molecule has 1 N–H and O–H groups in total. The number of rotatable bonds is 4. The zero-order valence-corrected chi connectivity index (χ0v) is 16.1. The number of halogens is 1. The lowest BCUT2D eigenvalue weighted by Gasteiger charge is -2.22. The largest absolute Gasteiger partial charge is 0.486 e. The predicted molar refractivity (Wildman–Crippen MR) is 105 cm³/mol. The van der Waals surface area contributed by atoms with E-state index in [4.69, 9.17) is 9.47 Å². The van der Waals surface area contributed by atoms with Crippen LogP contribution < -0.4 is 19.7 Å². The van der Waals surface area contributed by atoms with Gasteiger partial charge in [-0.2, -0.15) is 0 Å². The van der Waals surface area contributed by atoms with E-state index >= 15 is 0 Å². The third-order valence-electron chi connectivity index (χ3n) is 4.39. The number of hydrogen-bond donors (Lipinski definition) is 1. The maximum atomic E-state index is 12.7. The Hall–Kier alpha value is -2.74. The molecule has 2 heterocycles. The van der Waals surface area contributed by atoms with Crippen LogP contribution in [-0.4, -0.2) is 49.7 Å². The van der Waals surface area contributed by atoms with Crippen molar-refractivity contribution in [3.63, 3.8) is 0 Å².